The Bertz CT molecular complexity index is 387. The highest BCUT2D eigenvalue weighted by atomic mass is 16.3. The molecule has 2 rings (SSSR count). The van der Waals surface area contributed by atoms with Gasteiger partial charge in [0.2, 0.25) is 0 Å². The summed E-state index contributed by atoms with van der Waals surface area (Å²) in [6, 6.07) is 8.85. The third kappa shape index (κ3) is 3.80. The van der Waals surface area contributed by atoms with Crippen LogP contribution in [0.3, 0.4) is 0 Å². The first-order chi connectivity index (χ1) is 9.08. The van der Waals surface area contributed by atoms with Crippen LogP contribution in [-0.4, -0.2) is 17.2 Å². The molecule has 1 fully saturated rings. The second kappa shape index (κ2) is 6.53. The molecule has 0 spiro atoms. The lowest BCUT2D eigenvalue weighted by atomic mass is 9.85. The van der Waals surface area contributed by atoms with Crippen LogP contribution in [-0.2, 0) is 0 Å². The molecule has 1 aliphatic rings. The Hall–Kier alpha value is -0.860. The molecule has 1 aromatic rings. The van der Waals surface area contributed by atoms with E-state index in [1.165, 1.54) is 31.2 Å². The lowest BCUT2D eigenvalue weighted by molar-refractivity contribution is 0.117. The second-order valence-electron chi connectivity index (χ2n) is 6.18. The van der Waals surface area contributed by atoms with Gasteiger partial charge in [-0.3, -0.25) is 0 Å². The van der Waals surface area contributed by atoms with Gasteiger partial charge in [0.15, 0.2) is 0 Å². The molecule has 1 aromatic carbocycles. The summed E-state index contributed by atoms with van der Waals surface area (Å²) >= 11 is 0. The van der Waals surface area contributed by atoms with Crippen molar-refractivity contribution in [3.05, 3.63) is 35.4 Å². The summed E-state index contributed by atoms with van der Waals surface area (Å²) in [6.45, 7) is 6.48. The van der Waals surface area contributed by atoms with Gasteiger partial charge in [0.1, 0.15) is 0 Å². The van der Waals surface area contributed by atoms with Crippen molar-refractivity contribution in [1.29, 1.82) is 0 Å². The van der Waals surface area contributed by atoms with Crippen LogP contribution in [0.25, 0.3) is 0 Å². The van der Waals surface area contributed by atoms with Crippen molar-refractivity contribution in [1.82, 2.24) is 5.32 Å². The Balaban J connectivity index is 1.94. The predicted octanol–water partition coefficient (Wildman–Crippen LogP) is 3.59. The van der Waals surface area contributed by atoms with Crippen molar-refractivity contribution in [2.75, 3.05) is 0 Å². The standard InChI is InChI=1S/C17H27NO/c1-12-8-10-15(11-9-12)17(19)14(3)18-16-7-5-4-6-13(16)2/h8-11,13-14,16-19H,4-7H2,1-3H3. The van der Waals surface area contributed by atoms with Crippen LogP contribution in [0.2, 0.25) is 0 Å². The molecule has 0 aliphatic heterocycles. The van der Waals surface area contributed by atoms with Crippen LogP contribution in [0.5, 0.6) is 0 Å². The fourth-order valence-corrected chi connectivity index (χ4v) is 3.04. The van der Waals surface area contributed by atoms with E-state index in [-0.39, 0.29) is 6.04 Å². The Morgan fingerprint density at radius 3 is 2.42 bits per heavy atom. The van der Waals surface area contributed by atoms with Gasteiger partial charge < -0.3 is 10.4 Å². The molecule has 2 N–H and O–H groups in total. The number of hydrogen-bond donors (Lipinski definition) is 2. The first-order valence-electron chi connectivity index (χ1n) is 7.58. The third-order valence-electron chi connectivity index (χ3n) is 4.48. The SMILES string of the molecule is Cc1ccc(C(O)C(C)NC2CCCCC2C)cc1. The molecule has 2 heteroatoms. The Kier molecular flexibility index (Phi) is 5.00. The van der Waals surface area contributed by atoms with Crippen molar-refractivity contribution in [2.24, 2.45) is 5.92 Å². The number of benzene rings is 1. The summed E-state index contributed by atoms with van der Waals surface area (Å²) < 4.78 is 0. The average Bonchev–Trinajstić information content (AvgIpc) is 2.41. The minimum atomic E-state index is -0.422. The summed E-state index contributed by atoms with van der Waals surface area (Å²) in [6.07, 6.45) is 4.80. The van der Waals surface area contributed by atoms with E-state index in [0.717, 1.165) is 11.5 Å². The van der Waals surface area contributed by atoms with Crippen molar-refractivity contribution in [2.45, 2.75) is 64.6 Å². The third-order valence-corrected chi connectivity index (χ3v) is 4.48. The molecule has 19 heavy (non-hydrogen) atoms. The number of hydrogen-bond acceptors (Lipinski definition) is 2. The van der Waals surface area contributed by atoms with Crippen LogP contribution in [0.1, 0.15) is 56.8 Å². The first kappa shape index (κ1) is 14.5. The zero-order valence-electron chi connectivity index (χ0n) is 12.4. The molecular weight excluding hydrogens is 234 g/mol. The first-order valence-corrected chi connectivity index (χ1v) is 7.58. The predicted molar refractivity (Wildman–Crippen MR) is 80.2 cm³/mol. The topological polar surface area (TPSA) is 32.3 Å². The minimum absolute atomic E-state index is 0.105. The fraction of sp³-hybridized carbons (Fsp3) is 0.647. The van der Waals surface area contributed by atoms with E-state index in [0.29, 0.717) is 6.04 Å². The Labute approximate surface area is 117 Å². The summed E-state index contributed by atoms with van der Waals surface area (Å²) in [5, 5.41) is 14.1. The quantitative estimate of drug-likeness (QED) is 0.868. The van der Waals surface area contributed by atoms with Crippen LogP contribution in [0, 0.1) is 12.8 Å². The van der Waals surface area contributed by atoms with Gasteiger partial charge in [-0.25, -0.2) is 0 Å². The maximum Gasteiger partial charge on any atom is 0.0940 e. The number of aryl methyl sites for hydroxylation is 1. The monoisotopic (exact) mass is 261 g/mol. The van der Waals surface area contributed by atoms with E-state index < -0.39 is 6.10 Å². The largest absolute Gasteiger partial charge is 0.387 e. The zero-order chi connectivity index (χ0) is 13.8. The number of aliphatic hydroxyl groups excluding tert-OH is 1. The summed E-state index contributed by atoms with van der Waals surface area (Å²) in [4.78, 5) is 0. The molecule has 106 valence electrons. The van der Waals surface area contributed by atoms with Crippen molar-refractivity contribution in [3.63, 3.8) is 0 Å². The molecule has 0 radical (unpaired) electrons. The lowest BCUT2D eigenvalue weighted by Crippen LogP contribution is -2.44. The van der Waals surface area contributed by atoms with Gasteiger partial charge >= 0.3 is 0 Å². The summed E-state index contributed by atoms with van der Waals surface area (Å²) in [5.74, 6) is 0.724. The molecule has 4 unspecified atom stereocenters. The normalized spacial score (nSPS) is 26.9. The van der Waals surface area contributed by atoms with E-state index in [4.69, 9.17) is 0 Å². The van der Waals surface area contributed by atoms with Crippen LogP contribution in [0.15, 0.2) is 24.3 Å². The molecule has 0 heterocycles. The Morgan fingerprint density at radius 2 is 1.79 bits per heavy atom. The highest BCUT2D eigenvalue weighted by Crippen LogP contribution is 2.26. The lowest BCUT2D eigenvalue weighted by Gasteiger charge is -2.33. The van der Waals surface area contributed by atoms with Gasteiger partial charge in [0.25, 0.3) is 0 Å². The molecule has 0 saturated heterocycles. The fourth-order valence-electron chi connectivity index (χ4n) is 3.04. The van der Waals surface area contributed by atoms with E-state index in [1.807, 2.05) is 12.1 Å². The molecule has 0 bridgehead atoms. The van der Waals surface area contributed by atoms with Gasteiger partial charge in [0, 0.05) is 12.1 Å². The molecule has 0 amide bonds. The molecule has 2 nitrogen and oxygen atoms in total. The summed E-state index contributed by atoms with van der Waals surface area (Å²) in [5.41, 5.74) is 2.24. The van der Waals surface area contributed by atoms with Gasteiger partial charge in [-0.05, 0) is 38.2 Å². The van der Waals surface area contributed by atoms with Gasteiger partial charge in [-0.15, -0.1) is 0 Å². The number of aliphatic hydroxyl groups is 1. The molecule has 1 aliphatic carbocycles. The van der Waals surface area contributed by atoms with E-state index in [2.05, 4.69) is 38.2 Å². The van der Waals surface area contributed by atoms with E-state index >= 15 is 0 Å². The minimum Gasteiger partial charge on any atom is -0.387 e. The second-order valence-corrected chi connectivity index (χ2v) is 6.18. The highest BCUT2D eigenvalue weighted by molar-refractivity contribution is 5.24. The maximum atomic E-state index is 10.4. The average molecular weight is 261 g/mol. The van der Waals surface area contributed by atoms with Crippen molar-refractivity contribution < 1.29 is 5.11 Å². The zero-order valence-corrected chi connectivity index (χ0v) is 12.4. The van der Waals surface area contributed by atoms with Crippen molar-refractivity contribution >= 4 is 0 Å². The van der Waals surface area contributed by atoms with Gasteiger partial charge in [-0.1, -0.05) is 49.6 Å². The summed E-state index contributed by atoms with van der Waals surface area (Å²) in [7, 11) is 0. The van der Waals surface area contributed by atoms with Crippen molar-refractivity contribution in [3.8, 4) is 0 Å². The maximum absolute atomic E-state index is 10.4. The van der Waals surface area contributed by atoms with Gasteiger partial charge in [-0.2, -0.15) is 0 Å². The van der Waals surface area contributed by atoms with Crippen LogP contribution < -0.4 is 5.32 Å². The Morgan fingerprint density at radius 1 is 1.16 bits per heavy atom. The van der Waals surface area contributed by atoms with E-state index in [9.17, 15) is 5.11 Å². The van der Waals surface area contributed by atoms with E-state index in [1.54, 1.807) is 0 Å². The highest BCUT2D eigenvalue weighted by Gasteiger charge is 2.25. The molecule has 0 aromatic heterocycles. The van der Waals surface area contributed by atoms with Crippen LogP contribution >= 0.6 is 0 Å². The van der Waals surface area contributed by atoms with Crippen LogP contribution in [0.4, 0.5) is 0 Å². The molecular formula is C17H27NO. The molecule has 1 saturated carbocycles. The van der Waals surface area contributed by atoms with Gasteiger partial charge in [0.05, 0.1) is 6.10 Å². The molecule has 4 atom stereocenters. The number of nitrogens with one attached hydrogen (secondary N) is 1. The number of rotatable bonds is 4. The smallest absolute Gasteiger partial charge is 0.0940 e.